The van der Waals surface area contributed by atoms with Crippen LogP contribution in [-0.4, -0.2) is 15.3 Å². The Kier molecular flexibility index (Phi) is 3.74. The van der Waals surface area contributed by atoms with E-state index in [0.29, 0.717) is 17.0 Å². The average molecular weight is 255 g/mol. The van der Waals surface area contributed by atoms with Gasteiger partial charge in [-0.3, -0.25) is 0 Å². The van der Waals surface area contributed by atoms with Crippen molar-refractivity contribution in [3.8, 4) is 17.7 Å². The fourth-order valence-electron chi connectivity index (χ4n) is 1.56. The molecular formula is C14H13N3O2. The van der Waals surface area contributed by atoms with Crippen molar-refractivity contribution >= 4 is 0 Å². The number of nitrogens with zero attached hydrogens (tertiary/aromatic N) is 3. The van der Waals surface area contributed by atoms with Gasteiger partial charge in [-0.15, -0.1) is 5.10 Å². The topological polar surface area (TPSA) is 79.0 Å². The Morgan fingerprint density at radius 1 is 1.21 bits per heavy atom. The maximum Gasteiger partial charge on any atom is 0.257 e. The van der Waals surface area contributed by atoms with Crippen molar-refractivity contribution in [3.05, 3.63) is 46.6 Å². The lowest BCUT2D eigenvalue weighted by Gasteiger charge is -2.08. The first kappa shape index (κ1) is 13.0. The number of nitriles is 1. The number of benzene rings is 1. The molecule has 96 valence electrons. The molecule has 0 radical (unpaired) electrons. The van der Waals surface area contributed by atoms with Crippen LogP contribution in [0.4, 0.5) is 0 Å². The monoisotopic (exact) mass is 255 g/mol. The second-order valence-electron chi connectivity index (χ2n) is 4.11. The van der Waals surface area contributed by atoms with Gasteiger partial charge in [0.15, 0.2) is 0 Å². The standard InChI is InChI=1S/C14H13N3O2/c1-9-10(2)16-17-14(13(9)7-15)19-12-5-3-11(8-18)4-6-12/h3-6,18H,8H2,1-2H3. The number of hydrogen-bond donors (Lipinski definition) is 1. The molecule has 0 saturated heterocycles. The Morgan fingerprint density at radius 3 is 2.47 bits per heavy atom. The third-order valence-electron chi connectivity index (χ3n) is 2.85. The van der Waals surface area contributed by atoms with E-state index in [9.17, 15) is 0 Å². The molecule has 0 amide bonds. The fourth-order valence-corrected chi connectivity index (χ4v) is 1.56. The molecular weight excluding hydrogens is 242 g/mol. The Bertz CT molecular complexity index is 630. The predicted molar refractivity (Wildman–Crippen MR) is 68.7 cm³/mol. The summed E-state index contributed by atoms with van der Waals surface area (Å²) in [5, 5.41) is 26.0. The molecule has 0 saturated carbocycles. The van der Waals surface area contributed by atoms with Crippen LogP contribution in [0.5, 0.6) is 11.6 Å². The minimum Gasteiger partial charge on any atom is -0.437 e. The molecule has 5 heteroatoms. The van der Waals surface area contributed by atoms with Crippen molar-refractivity contribution in [1.82, 2.24) is 10.2 Å². The number of aromatic nitrogens is 2. The van der Waals surface area contributed by atoms with E-state index < -0.39 is 0 Å². The molecule has 1 heterocycles. The molecule has 0 aliphatic carbocycles. The van der Waals surface area contributed by atoms with Crippen molar-refractivity contribution in [3.63, 3.8) is 0 Å². The molecule has 0 unspecified atom stereocenters. The highest BCUT2D eigenvalue weighted by Crippen LogP contribution is 2.25. The lowest BCUT2D eigenvalue weighted by Crippen LogP contribution is -2.00. The number of aliphatic hydroxyl groups is 1. The third-order valence-corrected chi connectivity index (χ3v) is 2.85. The largest absolute Gasteiger partial charge is 0.437 e. The Labute approximate surface area is 111 Å². The van der Waals surface area contributed by atoms with Crippen LogP contribution in [0.15, 0.2) is 24.3 Å². The molecule has 0 fully saturated rings. The van der Waals surface area contributed by atoms with Crippen LogP contribution in [0, 0.1) is 25.2 Å². The minimum absolute atomic E-state index is 0.0207. The number of hydrogen-bond acceptors (Lipinski definition) is 5. The molecule has 5 nitrogen and oxygen atoms in total. The Morgan fingerprint density at radius 2 is 1.89 bits per heavy atom. The van der Waals surface area contributed by atoms with Gasteiger partial charge in [0.05, 0.1) is 12.3 Å². The van der Waals surface area contributed by atoms with Gasteiger partial charge in [-0.2, -0.15) is 10.4 Å². The summed E-state index contributed by atoms with van der Waals surface area (Å²) in [6, 6.07) is 9.00. The van der Waals surface area contributed by atoms with E-state index in [2.05, 4.69) is 16.3 Å². The number of ether oxygens (including phenoxy) is 1. The summed E-state index contributed by atoms with van der Waals surface area (Å²) in [6.45, 7) is 3.58. The molecule has 1 aromatic heterocycles. The van der Waals surface area contributed by atoms with E-state index >= 15 is 0 Å². The summed E-state index contributed by atoms with van der Waals surface area (Å²) in [5.41, 5.74) is 2.65. The van der Waals surface area contributed by atoms with Crippen molar-refractivity contribution in [2.45, 2.75) is 20.5 Å². The zero-order chi connectivity index (χ0) is 13.8. The first-order chi connectivity index (χ1) is 9.15. The van der Waals surface area contributed by atoms with Crippen LogP contribution in [0.3, 0.4) is 0 Å². The van der Waals surface area contributed by atoms with Crippen LogP contribution >= 0.6 is 0 Å². The van der Waals surface area contributed by atoms with Crippen molar-refractivity contribution in [2.75, 3.05) is 0 Å². The Hall–Kier alpha value is -2.45. The summed E-state index contributed by atoms with van der Waals surface area (Å²) in [6.07, 6.45) is 0. The second kappa shape index (κ2) is 5.46. The molecule has 1 aromatic carbocycles. The average Bonchev–Trinajstić information content (AvgIpc) is 2.44. The molecule has 2 rings (SSSR count). The van der Waals surface area contributed by atoms with Crippen LogP contribution in [-0.2, 0) is 6.61 Å². The first-order valence-electron chi connectivity index (χ1n) is 5.77. The van der Waals surface area contributed by atoms with E-state index in [1.54, 1.807) is 31.2 Å². The first-order valence-corrected chi connectivity index (χ1v) is 5.77. The second-order valence-corrected chi connectivity index (χ2v) is 4.11. The quantitative estimate of drug-likeness (QED) is 0.909. The summed E-state index contributed by atoms with van der Waals surface area (Å²) in [7, 11) is 0. The number of rotatable bonds is 3. The highest BCUT2D eigenvalue weighted by Gasteiger charge is 2.12. The van der Waals surface area contributed by atoms with Gasteiger partial charge >= 0.3 is 0 Å². The van der Waals surface area contributed by atoms with E-state index in [-0.39, 0.29) is 12.5 Å². The van der Waals surface area contributed by atoms with Gasteiger partial charge in [0.2, 0.25) is 0 Å². The Balaban J connectivity index is 2.33. The molecule has 0 atom stereocenters. The number of aliphatic hydroxyl groups excluding tert-OH is 1. The molecule has 0 aliphatic heterocycles. The minimum atomic E-state index is -0.0207. The van der Waals surface area contributed by atoms with Crippen LogP contribution in [0.25, 0.3) is 0 Å². The van der Waals surface area contributed by atoms with E-state index in [4.69, 9.17) is 15.1 Å². The predicted octanol–water partition coefficient (Wildman–Crippen LogP) is 2.25. The van der Waals surface area contributed by atoms with Crippen molar-refractivity contribution in [2.24, 2.45) is 0 Å². The van der Waals surface area contributed by atoms with Crippen LogP contribution in [0.2, 0.25) is 0 Å². The molecule has 1 N–H and O–H groups in total. The molecule has 0 spiro atoms. The fraction of sp³-hybridized carbons (Fsp3) is 0.214. The summed E-state index contributed by atoms with van der Waals surface area (Å²) in [4.78, 5) is 0. The highest BCUT2D eigenvalue weighted by atomic mass is 16.5. The number of aryl methyl sites for hydroxylation is 1. The van der Waals surface area contributed by atoms with Crippen LogP contribution < -0.4 is 4.74 Å². The molecule has 2 aromatic rings. The van der Waals surface area contributed by atoms with E-state index in [0.717, 1.165) is 11.1 Å². The van der Waals surface area contributed by atoms with Crippen LogP contribution in [0.1, 0.15) is 22.4 Å². The lowest BCUT2D eigenvalue weighted by molar-refractivity contribution is 0.281. The van der Waals surface area contributed by atoms with Gasteiger partial charge in [0.25, 0.3) is 5.88 Å². The van der Waals surface area contributed by atoms with E-state index in [1.807, 2.05) is 6.92 Å². The van der Waals surface area contributed by atoms with Crippen molar-refractivity contribution in [1.29, 1.82) is 5.26 Å². The molecule has 0 bridgehead atoms. The zero-order valence-corrected chi connectivity index (χ0v) is 10.7. The molecule has 19 heavy (non-hydrogen) atoms. The highest BCUT2D eigenvalue weighted by molar-refractivity contribution is 5.46. The summed E-state index contributed by atoms with van der Waals surface area (Å²) < 4.78 is 5.56. The van der Waals surface area contributed by atoms with Gasteiger partial charge in [0, 0.05) is 0 Å². The van der Waals surface area contributed by atoms with Crippen molar-refractivity contribution < 1.29 is 9.84 Å². The lowest BCUT2D eigenvalue weighted by atomic mass is 10.1. The zero-order valence-electron chi connectivity index (χ0n) is 10.7. The van der Waals surface area contributed by atoms with Gasteiger partial charge in [-0.1, -0.05) is 12.1 Å². The van der Waals surface area contributed by atoms with Gasteiger partial charge in [0.1, 0.15) is 17.4 Å². The van der Waals surface area contributed by atoms with Gasteiger partial charge in [-0.25, -0.2) is 0 Å². The smallest absolute Gasteiger partial charge is 0.257 e. The normalized spacial score (nSPS) is 10.0. The maximum atomic E-state index is 9.15. The summed E-state index contributed by atoms with van der Waals surface area (Å²) >= 11 is 0. The third kappa shape index (κ3) is 2.69. The summed E-state index contributed by atoms with van der Waals surface area (Å²) in [5.74, 6) is 0.744. The van der Waals surface area contributed by atoms with Gasteiger partial charge in [-0.05, 0) is 37.1 Å². The molecule has 0 aliphatic rings. The maximum absolute atomic E-state index is 9.15. The van der Waals surface area contributed by atoms with E-state index in [1.165, 1.54) is 0 Å². The van der Waals surface area contributed by atoms with Gasteiger partial charge < -0.3 is 9.84 Å². The SMILES string of the molecule is Cc1nnc(Oc2ccc(CO)cc2)c(C#N)c1C.